The van der Waals surface area contributed by atoms with E-state index in [2.05, 4.69) is 14.9 Å². The SMILES string of the molecule is Nc1nc(CN2CCN(C(=O)/C=C/c3cccs3)CC2)nc2ccccc12. The Balaban J connectivity index is 1.35. The van der Waals surface area contributed by atoms with Crippen molar-refractivity contribution in [2.24, 2.45) is 0 Å². The Hall–Kier alpha value is -2.77. The van der Waals surface area contributed by atoms with E-state index in [9.17, 15) is 4.79 Å². The molecule has 1 saturated heterocycles. The highest BCUT2D eigenvalue weighted by Gasteiger charge is 2.20. The van der Waals surface area contributed by atoms with E-state index in [0.29, 0.717) is 25.5 Å². The van der Waals surface area contributed by atoms with E-state index in [-0.39, 0.29) is 5.91 Å². The Kier molecular flexibility index (Phi) is 5.13. The zero-order chi connectivity index (χ0) is 18.6. The maximum atomic E-state index is 12.3. The van der Waals surface area contributed by atoms with Gasteiger partial charge in [-0.25, -0.2) is 9.97 Å². The van der Waals surface area contributed by atoms with Crippen LogP contribution in [0.5, 0.6) is 0 Å². The van der Waals surface area contributed by atoms with Gasteiger partial charge in [0.15, 0.2) is 0 Å². The third-order valence-electron chi connectivity index (χ3n) is 4.66. The van der Waals surface area contributed by atoms with Gasteiger partial charge in [-0.15, -0.1) is 11.3 Å². The van der Waals surface area contributed by atoms with Crippen LogP contribution in [0.3, 0.4) is 0 Å². The first kappa shape index (κ1) is 17.6. The van der Waals surface area contributed by atoms with E-state index in [1.165, 1.54) is 0 Å². The number of nitrogens with zero attached hydrogens (tertiary/aromatic N) is 4. The van der Waals surface area contributed by atoms with Crippen molar-refractivity contribution in [3.63, 3.8) is 0 Å². The summed E-state index contributed by atoms with van der Waals surface area (Å²) in [6.07, 6.45) is 3.54. The van der Waals surface area contributed by atoms with Gasteiger partial charge < -0.3 is 10.6 Å². The van der Waals surface area contributed by atoms with Crippen LogP contribution in [0, 0.1) is 0 Å². The molecule has 1 fully saturated rings. The number of carbonyl (C=O) groups is 1. The average Bonchev–Trinajstić information content (AvgIpc) is 3.20. The topological polar surface area (TPSA) is 75.3 Å². The van der Waals surface area contributed by atoms with Crippen molar-refractivity contribution in [2.75, 3.05) is 31.9 Å². The molecule has 27 heavy (non-hydrogen) atoms. The molecule has 4 rings (SSSR count). The first-order valence-electron chi connectivity index (χ1n) is 8.93. The van der Waals surface area contributed by atoms with E-state index >= 15 is 0 Å². The second kappa shape index (κ2) is 7.85. The normalized spacial score (nSPS) is 15.6. The summed E-state index contributed by atoms with van der Waals surface area (Å²) in [4.78, 5) is 26.6. The summed E-state index contributed by atoms with van der Waals surface area (Å²) >= 11 is 1.63. The van der Waals surface area contributed by atoms with Gasteiger partial charge in [0.1, 0.15) is 11.6 Å². The fraction of sp³-hybridized carbons (Fsp3) is 0.250. The number of rotatable bonds is 4. The van der Waals surface area contributed by atoms with E-state index in [0.717, 1.165) is 34.7 Å². The van der Waals surface area contributed by atoms with Crippen molar-refractivity contribution in [2.45, 2.75) is 6.54 Å². The number of hydrogen-bond donors (Lipinski definition) is 1. The molecule has 2 aromatic heterocycles. The van der Waals surface area contributed by atoms with Crippen molar-refractivity contribution in [3.05, 3.63) is 58.6 Å². The van der Waals surface area contributed by atoms with Crippen molar-refractivity contribution < 1.29 is 4.79 Å². The minimum atomic E-state index is 0.0641. The standard InChI is InChI=1S/C20H21N5OS/c21-20-16-5-1-2-6-17(16)22-18(23-20)14-24-9-11-25(12-10-24)19(26)8-7-15-4-3-13-27-15/h1-8,13H,9-12,14H2,(H2,21,22,23)/b8-7+. The highest BCUT2D eigenvalue weighted by Crippen LogP contribution is 2.18. The monoisotopic (exact) mass is 379 g/mol. The van der Waals surface area contributed by atoms with Crippen molar-refractivity contribution in [1.29, 1.82) is 0 Å². The van der Waals surface area contributed by atoms with Crippen molar-refractivity contribution in [1.82, 2.24) is 19.8 Å². The molecule has 0 atom stereocenters. The van der Waals surface area contributed by atoms with Crippen LogP contribution in [0.25, 0.3) is 17.0 Å². The average molecular weight is 379 g/mol. The molecule has 0 unspecified atom stereocenters. The molecule has 7 heteroatoms. The summed E-state index contributed by atoms with van der Waals surface area (Å²) in [6, 6.07) is 11.8. The third kappa shape index (κ3) is 4.15. The Labute approximate surface area is 161 Å². The van der Waals surface area contributed by atoms with Gasteiger partial charge in [0.25, 0.3) is 0 Å². The maximum absolute atomic E-state index is 12.3. The fourth-order valence-electron chi connectivity index (χ4n) is 3.19. The van der Waals surface area contributed by atoms with Gasteiger partial charge in [0.2, 0.25) is 5.91 Å². The molecule has 0 spiro atoms. The lowest BCUT2D eigenvalue weighted by Crippen LogP contribution is -2.48. The van der Waals surface area contributed by atoms with Gasteiger partial charge >= 0.3 is 0 Å². The number of carbonyl (C=O) groups excluding carboxylic acids is 1. The molecule has 0 radical (unpaired) electrons. The van der Waals surface area contributed by atoms with Crippen LogP contribution in [0.4, 0.5) is 5.82 Å². The lowest BCUT2D eigenvalue weighted by atomic mass is 10.2. The molecular weight excluding hydrogens is 358 g/mol. The zero-order valence-electron chi connectivity index (χ0n) is 14.9. The smallest absolute Gasteiger partial charge is 0.246 e. The van der Waals surface area contributed by atoms with E-state index in [1.54, 1.807) is 17.4 Å². The summed E-state index contributed by atoms with van der Waals surface area (Å²) < 4.78 is 0. The lowest BCUT2D eigenvalue weighted by molar-refractivity contribution is -0.127. The molecule has 1 aromatic carbocycles. The van der Waals surface area contributed by atoms with Crippen LogP contribution in [0.2, 0.25) is 0 Å². The molecular formula is C20H21N5OS. The number of piperazine rings is 1. The van der Waals surface area contributed by atoms with Crippen LogP contribution < -0.4 is 5.73 Å². The maximum Gasteiger partial charge on any atom is 0.246 e. The number of anilines is 1. The second-order valence-corrected chi connectivity index (χ2v) is 7.47. The molecule has 0 saturated carbocycles. The molecule has 0 bridgehead atoms. The number of para-hydroxylation sites is 1. The van der Waals surface area contributed by atoms with Gasteiger partial charge in [-0.2, -0.15) is 0 Å². The number of hydrogen-bond acceptors (Lipinski definition) is 6. The quantitative estimate of drug-likeness (QED) is 0.706. The van der Waals surface area contributed by atoms with Crippen molar-refractivity contribution in [3.8, 4) is 0 Å². The summed E-state index contributed by atoms with van der Waals surface area (Å²) in [5.41, 5.74) is 6.94. The summed E-state index contributed by atoms with van der Waals surface area (Å²) in [5.74, 6) is 1.31. The predicted octanol–water partition coefficient (Wildman–Crippen LogP) is 2.63. The first-order valence-corrected chi connectivity index (χ1v) is 9.81. The van der Waals surface area contributed by atoms with Gasteiger partial charge in [0.05, 0.1) is 12.1 Å². The Morgan fingerprint density at radius 1 is 1.11 bits per heavy atom. The minimum absolute atomic E-state index is 0.0641. The summed E-state index contributed by atoms with van der Waals surface area (Å²) in [7, 11) is 0. The van der Waals surface area contributed by atoms with Crippen LogP contribution in [-0.4, -0.2) is 51.9 Å². The Morgan fingerprint density at radius 3 is 2.70 bits per heavy atom. The summed E-state index contributed by atoms with van der Waals surface area (Å²) in [6.45, 7) is 3.65. The molecule has 1 aliphatic rings. The molecule has 3 aromatic rings. The van der Waals surface area contributed by atoms with Gasteiger partial charge in [0, 0.05) is 42.5 Å². The number of fused-ring (bicyclic) bond motifs is 1. The van der Waals surface area contributed by atoms with Gasteiger partial charge in [-0.05, 0) is 29.7 Å². The lowest BCUT2D eigenvalue weighted by Gasteiger charge is -2.33. The van der Waals surface area contributed by atoms with E-state index < -0.39 is 0 Å². The van der Waals surface area contributed by atoms with Crippen LogP contribution in [-0.2, 0) is 11.3 Å². The molecule has 2 N–H and O–H groups in total. The predicted molar refractivity (Wildman–Crippen MR) is 109 cm³/mol. The molecule has 6 nitrogen and oxygen atoms in total. The molecule has 3 heterocycles. The summed E-state index contributed by atoms with van der Waals surface area (Å²) in [5, 5.41) is 2.89. The first-order chi connectivity index (χ1) is 13.2. The molecule has 1 aliphatic heterocycles. The number of benzene rings is 1. The molecule has 1 amide bonds. The van der Waals surface area contributed by atoms with Crippen LogP contribution >= 0.6 is 11.3 Å². The number of amides is 1. The van der Waals surface area contributed by atoms with E-state index in [1.807, 2.05) is 52.8 Å². The van der Waals surface area contributed by atoms with Gasteiger partial charge in [-0.1, -0.05) is 18.2 Å². The third-order valence-corrected chi connectivity index (χ3v) is 5.50. The second-order valence-electron chi connectivity index (χ2n) is 6.49. The van der Waals surface area contributed by atoms with Crippen LogP contribution in [0.1, 0.15) is 10.7 Å². The zero-order valence-corrected chi connectivity index (χ0v) is 15.7. The van der Waals surface area contributed by atoms with Crippen molar-refractivity contribution >= 4 is 40.0 Å². The number of nitrogen functional groups attached to an aromatic ring is 1. The fourth-order valence-corrected chi connectivity index (χ4v) is 3.81. The molecule has 138 valence electrons. The highest BCUT2D eigenvalue weighted by molar-refractivity contribution is 7.10. The van der Waals surface area contributed by atoms with Crippen LogP contribution in [0.15, 0.2) is 47.9 Å². The number of thiophene rings is 1. The Bertz CT molecular complexity index is 962. The number of nitrogens with two attached hydrogens (primary N) is 1. The van der Waals surface area contributed by atoms with Gasteiger partial charge in [-0.3, -0.25) is 9.69 Å². The molecule has 0 aliphatic carbocycles. The highest BCUT2D eigenvalue weighted by atomic mass is 32.1. The van der Waals surface area contributed by atoms with E-state index in [4.69, 9.17) is 5.73 Å². The largest absolute Gasteiger partial charge is 0.383 e. The number of aromatic nitrogens is 2. The Morgan fingerprint density at radius 2 is 1.93 bits per heavy atom. The minimum Gasteiger partial charge on any atom is -0.383 e.